The highest BCUT2D eigenvalue weighted by Gasteiger charge is 2.35. The van der Waals surface area contributed by atoms with E-state index in [1.54, 1.807) is 0 Å². The average molecular weight is 281 g/mol. The van der Waals surface area contributed by atoms with E-state index in [1.165, 1.54) is 25.7 Å². The van der Waals surface area contributed by atoms with Gasteiger partial charge in [0.1, 0.15) is 5.84 Å². The van der Waals surface area contributed by atoms with Crippen LogP contribution in [0, 0.1) is 11.3 Å². The van der Waals surface area contributed by atoms with Gasteiger partial charge in [0, 0.05) is 24.9 Å². The smallest absolute Gasteiger partial charge is 0.222 e. The second-order valence-electron chi connectivity index (χ2n) is 6.62. The fraction of sp³-hybridized carbons (Fsp3) is 0.867. The number of carbonyl (C=O) groups is 1. The Morgan fingerprint density at radius 3 is 2.50 bits per heavy atom. The molecule has 1 saturated carbocycles. The van der Waals surface area contributed by atoms with Gasteiger partial charge in [-0.05, 0) is 25.2 Å². The minimum atomic E-state index is -0.267. The number of amides is 1. The summed E-state index contributed by atoms with van der Waals surface area (Å²) in [7, 11) is 0. The Labute approximate surface area is 121 Å². The van der Waals surface area contributed by atoms with E-state index >= 15 is 0 Å². The van der Waals surface area contributed by atoms with Crippen molar-refractivity contribution in [3.63, 3.8) is 0 Å². The van der Waals surface area contributed by atoms with Gasteiger partial charge in [-0.1, -0.05) is 37.8 Å². The molecule has 0 atom stereocenters. The van der Waals surface area contributed by atoms with Gasteiger partial charge in [0.15, 0.2) is 0 Å². The van der Waals surface area contributed by atoms with Gasteiger partial charge in [0.05, 0.1) is 0 Å². The third-order valence-corrected chi connectivity index (χ3v) is 5.19. The summed E-state index contributed by atoms with van der Waals surface area (Å²) in [4.78, 5) is 14.2. The molecule has 1 heterocycles. The van der Waals surface area contributed by atoms with Crippen LogP contribution in [0.2, 0.25) is 0 Å². The summed E-state index contributed by atoms with van der Waals surface area (Å²) in [5.74, 6) is 1.33. The van der Waals surface area contributed by atoms with Crippen LogP contribution in [0.5, 0.6) is 0 Å². The zero-order chi connectivity index (χ0) is 14.6. The van der Waals surface area contributed by atoms with Gasteiger partial charge in [-0.25, -0.2) is 0 Å². The number of rotatable bonds is 4. The molecular formula is C15H27N3O2. The molecule has 0 aromatic carbocycles. The monoisotopic (exact) mass is 281 g/mol. The number of hydrogen-bond acceptors (Lipinski definition) is 3. The van der Waals surface area contributed by atoms with Crippen molar-refractivity contribution in [2.45, 2.75) is 58.3 Å². The molecule has 2 aliphatic rings. The minimum Gasteiger partial charge on any atom is -0.409 e. The van der Waals surface area contributed by atoms with Crippen molar-refractivity contribution >= 4 is 11.7 Å². The van der Waals surface area contributed by atoms with Crippen LogP contribution in [0.15, 0.2) is 5.16 Å². The first-order chi connectivity index (χ1) is 9.55. The Hall–Kier alpha value is -1.26. The van der Waals surface area contributed by atoms with E-state index in [1.807, 2.05) is 11.8 Å². The van der Waals surface area contributed by atoms with E-state index < -0.39 is 0 Å². The van der Waals surface area contributed by atoms with Gasteiger partial charge in [-0.2, -0.15) is 0 Å². The first-order valence-corrected chi connectivity index (χ1v) is 7.81. The standard InChI is InChI=1S/C15H27N3O2/c1-15(14(16)17-20)8-10-18(11-9-15)13(19)7-6-12-4-2-3-5-12/h12,20H,2-11H2,1H3,(H2,16,17). The fourth-order valence-electron chi connectivity index (χ4n) is 3.41. The normalized spacial score (nSPS) is 24.1. The van der Waals surface area contributed by atoms with Gasteiger partial charge >= 0.3 is 0 Å². The number of piperidine rings is 1. The topological polar surface area (TPSA) is 78.9 Å². The zero-order valence-electron chi connectivity index (χ0n) is 12.5. The molecule has 3 N–H and O–H groups in total. The van der Waals surface area contributed by atoms with Crippen LogP contribution >= 0.6 is 0 Å². The summed E-state index contributed by atoms with van der Waals surface area (Å²) in [5, 5.41) is 11.9. The number of carbonyl (C=O) groups excluding carboxylic acids is 1. The third kappa shape index (κ3) is 3.44. The lowest BCUT2D eigenvalue weighted by molar-refractivity contribution is -0.133. The van der Waals surface area contributed by atoms with Crippen molar-refractivity contribution < 1.29 is 10.0 Å². The van der Waals surface area contributed by atoms with E-state index in [2.05, 4.69) is 5.16 Å². The molecule has 1 saturated heterocycles. The molecule has 0 aromatic heterocycles. The maximum atomic E-state index is 12.2. The fourth-order valence-corrected chi connectivity index (χ4v) is 3.41. The van der Waals surface area contributed by atoms with Crippen LogP contribution in [0.1, 0.15) is 58.3 Å². The molecule has 114 valence electrons. The Balaban J connectivity index is 1.76. The molecule has 2 rings (SSSR count). The van der Waals surface area contributed by atoms with Crippen LogP contribution in [0.25, 0.3) is 0 Å². The van der Waals surface area contributed by atoms with Crippen molar-refractivity contribution in [1.29, 1.82) is 0 Å². The molecule has 0 bridgehead atoms. The van der Waals surface area contributed by atoms with Crippen molar-refractivity contribution in [1.82, 2.24) is 4.90 Å². The maximum absolute atomic E-state index is 12.2. The molecule has 5 heteroatoms. The first-order valence-electron chi connectivity index (χ1n) is 7.81. The van der Waals surface area contributed by atoms with E-state index in [0.717, 1.165) is 38.3 Å². The number of likely N-dealkylation sites (tertiary alicyclic amines) is 1. The number of nitrogens with zero attached hydrogens (tertiary/aromatic N) is 2. The van der Waals surface area contributed by atoms with Crippen LogP contribution in [0.4, 0.5) is 0 Å². The van der Waals surface area contributed by atoms with Crippen LogP contribution in [-0.4, -0.2) is 34.9 Å². The van der Waals surface area contributed by atoms with Gasteiger partial charge in [-0.15, -0.1) is 0 Å². The quantitative estimate of drug-likeness (QED) is 0.359. The second kappa shape index (κ2) is 6.46. The Bertz CT molecular complexity index is 367. The molecule has 5 nitrogen and oxygen atoms in total. The van der Waals surface area contributed by atoms with Crippen molar-refractivity contribution in [2.24, 2.45) is 22.2 Å². The van der Waals surface area contributed by atoms with Gasteiger partial charge in [0.2, 0.25) is 5.91 Å². The molecule has 1 aliphatic heterocycles. The summed E-state index contributed by atoms with van der Waals surface area (Å²) in [6, 6.07) is 0. The summed E-state index contributed by atoms with van der Waals surface area (Å²) >= 11 is 0. The van der Waals surface area contributed by atoms with Gasteiger partial charge in [0.25, 0.3) is 0 Å². The summed E-state index contributed by atoms with van der Waals surface area (Å²) in [6.07, 6.45) is 8.55. The van der Waals surface area contributed by atoms with E-state index in [0.29, 0.717) is 6.42 Å². The van der Waals surface area contributed by atoms with E-state index in [-0.39, 0.29) is 17.2 Å². The van der Waals surface area contributed by atoms with Crippen LogP contribution < -0.4 is 5.73 Å². The average Bonchev–Trinajstić information content (AvgIpc) is 2.98. The molecular weight excluding hydrogens is 254 g/mol. The molecule has 0 unspecified atom stereocenters. The highest BCUT2D eigenvalue weighted by molar-refractivity contribution is 5.86. The van der Waals surface area contributed by atoms with Crippen molar-refractivity contribution in [3.8, 4) is 0 Å². The summed E-state index contributed by atoms with van der Waals surface area (Å²) in [5.41, 5.74) is 5.47. The van der Waals surface area contributed by atoms with Gasteiger partial charge < -0.3 is 15.8 Å². The predicted molar refractivity (Wildman–Crippen MR) is 78.5 cm³/mol. The zero-order valence-corrected chi connectivity index (χ0v) is 12.5. The SMILES string of the molecule is CC1(C(N)=NO)CCN(C(=O)CCC2CCCC2)CC1. The number of amidine groups is 1. The largest absolute Gasteiger partial charge is 0.409 e. The Morgan fingerprint density at radius 1 is 1.35 bits per heavy atom. The van der Waals surface area contributed by atoms with Gasteiger partial charge in [-0.3, -0.25) is 4.79 Å². The second-order valence-corrected chi connectivity index (χ2v) is 6.62. The van der Waals surface area contributed by atoms with E-state index in [9.17, 15) is 4.79 Å². The predicted octanol–water partition coefficient (Wildman–Crippen LogP) is 2.33. The lowest BCUT2D eigenvalue weighted by Crippen LogP contribution is -2.47. The maximum Gasteiger partial charge on any atom is 0.222 e. The molecule has 0 aromatic rings. The Kier molecular flexibility index (Phi) is 4.89. The van der Waals surface area contributed by atoms with Crippen molar-refractivity contribution in [3.05, 3.63) is 0 Å². The third-order valence-electron chi connectivity index (χ3n) is 5.19. The molecule has 20 heavy (non-hydrogen) atoms. The number of nitrogens with two attached hydrogens (primary N) is 1. The lowest BCUT2D eigenvalue weighted by atomic mass is 9.79. The highest BCUT2D eigenvalue weighted by atomic mass is 16.4. The van der Waals surface area contributed by atoms with E-state index in [4.69, 9.17) is 10.9 Å². The molecule has 1 amide bonds. The number of oxime groups is 1. The molecule has 1 aliphatic carbocycles. The summed E-state index contributed by atoms with van der Waals surface area (Å²) < 4.78 is 0. The molecule has 0 radical (unpaired) electrons. The molecule has 2 fully saturated rings. The molecule has 0 spiro atoms. The lowest BCUT2D eigenvalue weighted by Gasteiger charge is -2.38. The number of hydrogen-bond donors (Lipinski definition) is 2. The van der Waals surface area contributed by atoms with Crippen LogP contribution in [-0.2, 0) is 4.79 Å². The Morgan fingerprint density at radius 2 is 1.95 bits per heavy atom. The minimum absolute atomic E-state index is 0.267. The van der Waals surface area contributed by atoms with Crippen LogP contribution in [0.3, 0.4) is 0 Å². The first kappa shape index (κ1) is 15.1. The van der Waals surface area contributed by atoms with Crippen molar-refractivity contribution in [2.75, 3.05) is 13.1 Å². The highest BCUT2D eigenvalue weighted by Crippen LogP contribution is 2.32. The summed E-state index contributed by atoms with van der Waals surface area (Å²) in [6.45, 7) is 3.44.